The van der Waals surface area contributed by atoms with Crippen LogP contribution in [0.1, 0.15) is 85.1 Å². The van der Waals surface area contributed by atoms with Crippen LogP contribution in [0.15, 0.2) is 72.8 Å². The second-order valence-corrected chi connectivity index (χ2v) is 8.84. The number of carbonyl (C=O) groups excluding carboxylic acids is 2. The zero-order valence-electron chi connectivity index (χ0n) is 21.3. The van der Waals surface area contributed by atoms with Crippen molar-refractivity contribution in [3.8, 4) is 17.2 Å². The first-order valence-corrected chi connectivity index (χ1v) is 12.9. The lowest BCUT2D eigenvalue weighted by atomic mass is 10.1. The van der Waals surface area contributed by atoms with E-state index in [1.54, 1.807) is 60.7 Å². The molecule has 0 saturated heterocycles. The number of unbranched alkanes of at least 4 members (excludes halogenated alkanes) is 5. The quantitative estimate of drug-likeness (QED) is 0.131. The third-order valence-corrected chi connectivity index (χ3v) is 5.83. The highest BCUT2D eigenvalue weighted by Crippen LogP contribution is 2.20. The van der Waals surface area contributed by atoms with Gasteiger partial charge in [-0.2, -0.15) is 0 Å². The van der Waals surface area contributed by atoms with Gasteiger partial charge in [0.25, 0.3) is 0 Å². The number of hydrogen-bond donors (Lipinski definition) is 0. The van der Waals surface area contributed by atoms with E-state index in [4.69, 9.17) is 14.2 Å². The number of ether oxygens (including phenoxy) is 3. The van der Waals surface area contributed by atoms with Gasteiger partial charge in [0.1, 0.15) is 17.2 Å². The van der Waals surface area contributed by atoms with Crippen molar-refractivity contribution in [2.45, 2.75) is 65.2 Å². The van der Waals surface area contributed by atoms with Crippen molar-refractivity contribution in [3.63, 3.8) is 0 Å². The highest BCUT2D eigenvalue weighted by atomic mass is 16.5. The van der Waals surface area contributed by atoms with Crippen LogP contribution in [-0.2, 0) is 6.42 Å². The lowest BCUT2D eigenvalue weighted by Crippen LogP contribution is -2.11. The minimum absolute atomic E-state index is 0.346. The second kappa shape index (κ2) is 14.7. The van der Waals surface area contributed by atoms with Crippen molar-refractivity contribution in [3.05, 3.63) is 89.5 Å². The highest BCUT2D eigenvalue weighted by Gasteiger charge is 2.13. The van der Waals surface area contributed by atoms with Gasteiger partial charge in [-0.25, -0.2) is 9.59 Å². The van der Waals surface area contributed by atoms with Crippen LogP contribution in [0.25, 0.3) is 0 Å². The minimum atomic E-state index is -0.498. The van der Waals surface area contributed by atoms with Gasteiger partial charge in [-0.15, -0.1) is 0 Å². The number of aryl methyl sites for hydroxylation is 1. The fourth-order valence-corrected chi connectivity index (χ4v) is 3.76. The Labute approximate surface area is 214 Å². The van der Waals surface area contributed by atoms with Gasteiger partial charge in [0.05, 0.1) is 17.7 Å². The lowest BCUT2D eigenvalue weighted by molar-refractivity contribution is 0.0720. The van der Waals surface area contributed by atoms with Crippen molar-refractivity contribution in [2.75, 3.05) is 6.61 Å². The summed E-state index contributed by atoms with van der Waals surface area (Å²) in [7, 11) is 0. The molecule has 0 atom stereocenters. The van der Waals surface area contributed by atoms with Crippen molar-refractivity contribution in [1.29, 1.82) is 0 Å². The Balaban J connectivity index is 1.44. The molecule has 0 amide bonds. The summed E-state index contributed by atoms with van der Waals surface area (Å²) in [6, 6.07) is 20.8. The fourth-order valence-electron chi connectivity index (χ4n) is 3.76. The first-order valence-electron chi connectivity index (χ1n) is 12.9. The average molecular weight is 489 g/mol. The molecule has 3 rings (SSSR count). The summed E-state index contributed by atoms with van der Waals surface area (Å²) in [6.07, 6.45) is 9.36. The Bertz CT molecular complexity index is 1070. The molecule has 0 spiro atoms. The van der Waals surface area contributed by atoms with Gasteiger partial charge in [-0.3, -0.25) is 0 Å². The number of esters is 2. The Morgan fingerprint density at radius 1 is 0.556 bits per heavy atom. The van der Waals surface area contributed by atoms with E-state index < -0.39 is 11.9 Å². The van der Waals surface area contributed by atoms with Gasteiger partial charge in [-0.1, -0.05) is 64.5 Å². The summed E-state index contributed by atoms with van der Waals surface area (Å²) in [5.74, 6) is 0.702. The van der Waals surface area contributed by atoms with Gasteiger partial charge in [0.2, 0.25) is 0 Å². The Kier molecular flexibility index (Phi) is 11.0. The Morgan fingerprint density at radius 2 is 1.03 bits per heavy atom. The monoisotopic (exact) mass is 488 g/mol. The Hall–Kier alpha value is -3.60. The zero-order chi connectivity index (χ0) is 25.6. The number of carbonyl (C=O) groups is 2. The van der Waals surface area contributed by atoms with E-state index in [1.165, 1.54) is 37.7 Å². The number of hydrogen-bond acceptors (Lipinski definition) is 5. The smallest absolute Gasteiger partial charge is 0.343 e. The molecular formula is C31H36O5. The molecule has 3 aromatic carbocycles. The molecule has 5 nitrogen and oxygen atoms in total. The average Bonchev–Trinajstić information content (AvgIpc) is 2.90. The molecule has 0 unspecified atom stereocenters. The molecule has 0 aliphatic heterocycles. The van der Waals surface area contributed by atoms with Crippen molar-refractivity contribution < 1.29 is 23.8 Å². The van der Waals surface area contributed by atoms with E-state index in [-0.39, 0.29) is 0 Å². The normalized spacial score (nSPS) is 10.6. The molecule has 36 heavy (non-hydrogen) atoms. The summed E-state index contributed by atoms with van der Waals surface area (Å²) < 4.78 is 16.7. The molecule has 0 bridgehead atoms. The molecule has 0 fully saturated rings. The molecule has 0 N–H and O–H groups in total. The van der Waals surface area contributed by atoms with Crippen LogP contribution in [0.2, 0.25) is 0 Å². The number of benzene rings is 3. The predicted octanol–water partition coefficient (Wildman–Crippen LogP) is 7.82. The second-order valence-electron chi connectivity index (χ2n) is 8.84. The van der Waals surface area contributed by atoms with Crippen LogP contribution >= 0.6 is 0 Å². The maximum atomic E-state index is 12.5. The highest BCUT2D eigenvalue weighted by molar-refractivity contribution is 5.94. The van der Waals surface area contributed by atoms with E-state index >= 15 is 0 Å². The largest absolute Gasteiger partial charge is 0.494 e. The maximum Gasteiger partial charge on any atom is 0.343 e. The van der Waals surface area contributed by atoms with Crippen LogP contribution in [0.3, 0.4) is 0 Å². The van der Waals surface area contributed by atoms with Crippen molar-refractivity contribution in [2.24, 2.45) is 0 Å². The molecule has 0 aliphatic rings. The first-order chi connectivity index (χ1) is 17.6. The summed E-state index contributed by atoms with van der Waals surface area (Å²) in [5, 5.41) is 0. The lowest BCUT2D eigenvalue weighted by Gasteiger charge is -2.09. The van der Waals surface area contributed by atoms with Crippen LogP contribution in [0.5, 0.6) is 17.2 Å². The zero-order valence-corrected chi connectivity index (χ0v) is 21.3. The summed E-state index contributed by atoms with van der Waals surface area (Å²) >= 11 is 0. The Morgan fingerprint density at radius 3 is 1.56 bits per heavy atom. The minimum Gasteiger partial charge on any atom is -0.494 e. The van der Waals surface area contributed by atoms with Crippen LogP contribution < -0.4 is 14.2 Å². The van der Waals surface area contributed by atoms with E-state index in [9.17, 15) is 9.59 Å². The topological polar surface area (TPSA) is 61.8 Å². The summed E-state index contributed by atoms with van der Waals surface area (Å²) in [5.41, 5.74) is 1.91. The van der Waals surface area contributed by atoms with Crippen molar-refractivity contribution >= 4 is 11.9 Å². The predicted molar refractivity (Wildman–Crippen MR) is 142 cm³/mol. The first kappa shape index (κ1) is 27.0. The third kappa shape index (κ3) is 8.88. The van der Waals surface area contributed by atoms with E-state index in [1.807, 2.05) is 12.1 Å². The molecule has 0 radical (unpaired) electrons. The molecule has 3 aromatic rings. The van der Waals surface area contributed by atoms with Crippen LogP contribution in [-0.4, -0.2) is 18.5 Å². The van der Waals surface area contributed by atoms with Crippen LogP contribution in [0, 0.1) is 0 Å². The van der Waals surface area contributed by atoms with Gasteiger partial charge in [0, 0.05) is 0 Å². The van der Waals surface area contributed by atoms with E-state index in [0.29, 0.717) is 29.2 Å². The van der Waals surface area contributed by atoms with E-state index in [0.717, 1.165) is 25.0 Å². The fraction of sp³-hybridized carbons (Fsp3) is 0.355. The SMILES string of the molecule is CCCCCCCCOc1ccc(OC(=O)c2ccc(C(=O)Oc3ccc(CCC)cc3)cc2)cc1. The molecule has 0 heterocycles. The number of rotatable bonds is 14. The standard InChI is InChI=1S/C31H36O5/c1-3-5-6-7-8-9-23-34-27-19-21-29(22-20-27)36-31(33)26-15-13-25(14-16-26)30(32)35-28-17-11-24(10-4-2)12-18-28/h11-22H,3-10,23H2,1-2H3. The molecule has 0 saturated carbocycles. The summed E-state index contributed by atoms with van der Waals surface area (Å²) in [6.45, 7) is 5.02. The molecule has 0 aromatic heterocycles. The van der Waals surface area contributed by atoms with Crippen molar-refractivity contribution in [1.82, 2.24) is 0 Å². The maximum absolute atomic E-state index is 12.5. The molecule has 190 valence electrons. The van der Waals surface area contributed by atoms with Crippen LogP contribution in [0.4, 0.5) is 0 Å². The van der Waals surface area contributed by atoms with E-state index in [2.05, 4.69) is 13.8 Å². The van der Waals surface area contributed by atoms with Gasteiger partial charge in [-0.05, 0) is 79.1 Å². The molecular weight excluding hydrogens is 452 g/mol. The van der Waals surface area contributed by atoms with Gasteiger partial charge < -0.3 is 14.2 Å². The molecule has 0 aliphatic carbocycles. The third-order valence-electron chi connectivity index (χ3n) is 5.83. The van der Waals surface area contributed by atoms with Gasteiger partial charge >= 0.3 is 11.9 Å². The summed E-state index contributed by atoms with van der Waals surface area (Å²) in [4.78, 5) is 24.9. The molecule has 5 heteroatoms. The van der Waals surface area contributed by atoms with Gasteiger partial charge in [0.15, 0.2) is 0 Å².